The molecular weight excluding hydrogens is 381 g/mol. The first-order chi connectivity index (χ1) is 11.9. The fraction of sp³-hybridized carbons (Fsp3) is 0.278. The Morgan fingerprint density at radius 1 is 0.920 bits per heavy atom. The summed E-state index contributed by atoms with van der Waals surface area (Å²) in [5.41, 5.74) is 2.70. The number of urea groups is 1. The molecule has 0 bridgehead atoms. The first-order valence-electron chi connectivity index (χ1n) is 7.96. The number of amides is 2. The number of hydrogen-bond acceptors (Lipinski definition) is 2. The van der Waals surface area contributed by atoms with Gasteiger partial charge in [0.2, 0.25) is 0 Å². The summed E-state index contributed by atoms with van der Waals surface area (Å²) in [7, 11) is 0. The van der Waals surface area contributed by atoms with E-state index >= 15 is 0 Å². The lowest BCUT2D eigenvalue weighted by molar-refractivity contribution is 0.208. The molecule has 0 unspecified atom stereocenters. The molecular formula is C18H18Cl3N3O. The smallest absolute Gasteiger partial charge is 0.321 e. The zero-order valence-corrected chi connectivity index (χ0v) is 16.0. The summed E-state index contributed by atoms with van der Waals surface area (Å²) < 4.78 is 0. The van der Waals surface area contributed by atoms with Gasteiger partial charge >= 0.3 is 6.03 Å². The SMILES string of the molecule is Cc1ccc(NC(=O)N2CCN(c3ccc(Cl)c(Cl)c3)CC2)cc1Cl. The van der Waals surface area contributed by atoms with Crippen LogP contribution in [0.3, 0.4) is 0 Å². The van der Waals surface area contributed by atoms with Crippen molar-refractivity contribution >= 4 is 52.2 Å². The van der Waals surface area contributed by atoms with Crippen LogP contribution < -0.4 is 10.2 Å². The minimum absolute atomic E-state index is 0.117. The molecule has 0 spiro atoms. The number of carbonyl (C=O) groups excluding carboxylic acids is 1. The first-order valence-corrected chi connectivity index (χ1v) is 9.09. The Morgan fingerprint density at radius 2 is 1.64 bits per heavy atom. The summed E-state index contributed by atoms with van der Waals surface area (Å²) in [5, 5.41) is 4.62. The Hall–Kier alpha value is -1.62. The number of hydrogen-bond donors (Lipinski definition) is 1. The normalized spacial score (nSPS) is 14.6. The number of piperazine rings is 1. The number of rotatable bonds is 2. The van der Waals surface area contributed by atoms with Crippen molar-refractivity contribution in [2.24, 2.45) is 0 Å². The van der Waals surface area contributed by atoms with Crippen LogP contribution in [-0.4, -0.2) is 37.1 Å². The molecule has 0 atom stereocenters. The fourth-order valence-electron chi connectivity index (χ4n) is 2.72. The van der Waals surface area contributed by atoms with Gasteiger partial charge in [0.25, 0.3) is 0 Å². The molecule has 2 aromatic carbocycles. The quantitative estimate of drug-likeness (QED) is 0.744. The minimum Gasteiger partial charge on any atom is -0.368 e. The van der Waals surface area contributed by atoms with Crippen molar-refractivity contribution in [3.05, 3.63) is 57.0 Å². The minimum atomic E-state index is -0.117. The standard InChI is InChI=1S/C18H18Cl3N3O/c1-12-2-3-13(10-16(12)20)22-18(25)24-8-6-23(7-9-24)14-4-5-15(19)17(21)11-14/h2-5,10-11H,6-9H2,1H3,(H,22,25). The molecule has 0 radical (unpaired) electrons. The molecule has 0 aromatic heterocycles. The number of anilines is 2. The zero-order valence-electron chi connectivity index (χ0n) is 13.7. The molecule has 25 heavy (non-hydrogen) atoms. The van der Waals surface area contributed by atoms with Crippen molar-refractivity contribution < 1.29 is 4.79 Å². The largest absolute Gasteiger partial charge is 0.368 e. The van der Waals surface area contributed by atoms with Crippen molar-refractivity contribution in [3.63, 3.8) is 0 Å². The molecule has 0 saturated carbocycles. The van der Waals surface area contributed by atoms with E-state index in [-0.39, 0.29) is 6.03 Å². The maximum absolute atomic E-state index is 12.4. The van der Waals surface area contributed by atoms with Crippen LogP contribution in [-0.2, 0) is 0 Å². The van der Waals surface area contributed by atoms with Gasteiger partial charge < -0.3 is 15.1 Å². The van der Waals surface area contributed by atoms with Crippen molar-refractivity contribution in [2.45, 2.75) is 6.92 Å². The van der Waals surface area contributed by atoms with E-state index in [1.165, 1.54) is 0 Å². The van der Waals surface area contributed by atoms with Crippen molar-refractivity contribution in [2.75, 3.05) is 36.4 Å². The third kappa shape index (κ3) is 4.32. The predicted octanol–water partition coefficient (Wildman–Crippen LogP) is 5.31. The van der Waals surface area contributed by atoms with E-state index in [1.807, 2.05) is 31.2 Å². The number of halogens is 3. The van der Waals surface area contributed by atoms with Gasteiger partial charge in [-0.15, -0.1) is 0 Å². The number of aryl methyl sites for hydroxylation is 1. The number of carbonyl (C=O) groups is 1. The van der Waals surface area contributed by atoms with Gasteiger partial charge in [0.05, 0.1) is 10.0 Å². The highest BCUT2D eigenvalue weighted by molar-refractivity contribution is 6.42. The van der Waals surface area contributed by atoms with Crippen LogP contribution in [0.1, 0.15) is 5.56 Å². The molecule has 2 aromatic rings. The molecule has 1 fully saturated rings. The van der Waals surface area contributed by atoms with Gasteiger partial charge in [-0.1, -0.05) is 40.9 Å². The highest BCUT2D eigenvalue weighted by Crippen LogP contribution is 2.28. The Bertz CT molecular complexity index is 789. The Labute approximate surface area is 162 Å². The van der Waals surface area contributed by atoms with E-state index in [4.69, 9.17) is 34.8 Å². The molecule has 0 aliphatic carbocycles. The molecule has 1 N–H and O–H groups in total. The average molecular weight is 399 g/mol. The van der Waals surface area contributed by atoms with Gasteiger partial charge in [-0.25, -0.2) is 4.79 Å². The summed E-state index contributed by atoms with van der Waals surface area (Å²) >= 11 is 18.1. The lowest BCUT2D eigenvalue weighted by Gasteiger charge is -2.36. The number of nitrogens with one attached hydrogen (secondary N) is 1. The molecule has 3 rings (SSSR count). The Morgan fingerprint density at radius 3 is 2.28 bits per heavy atom. The van der Waals surface area contributed by atoms with E-state index in [9.17, 15) is 4.79 Å². The van der Waals surface area contributed by atoms with Crippen molar-refractivity contribution in [1.82, 2.24) is 4.90 Å². The zero-order chi connectivity index (χ0) is 18.0. The van der Waals surface area contributed by atoms with Crippen LogP contribution in [0.25, 0.3) is 0 Å². The molecule has 2 amide bonds. The van der Waals surface area contributed by atoms with Gasteiger partial charge in [0, 0.05) is 42.6 Å². The van der Waals surface area contributed by atoms with Crippen LogP contribution >= 0.6 is 34.8 Å². The second-order valence-electron chi connectivity index (χ2n) is 5.97. The summed E-state index contributed by atoms with van der Waals surface area (Å²) in [6.45, 7) is 4.66. The van der Waals surface area contributed by atoms with Crippen LogP contribution in [0.5, 0.6) is 0 Å². The van der Waals surface area contributed by atoms with Crippen LogP contribution in [0.2, 0.25) is 15.1 Å². The average Bonchev–Trinajstić information content (AvgIpc) is 2.61. The number of nitrogens with zero attached hydrogens (tertiary/aromatic N) is 2. The van der Waals surface area contributed by atoms with Gasteiger partial charge in [0.15, 0.2) is 0 Å². The molecule has 132 valence electrons. The lowest BCUT2D eigenvalue weighted by Crippen LogP contribution is -2.50. The number of benzene rings is 2. The third-order valence-electron chi connectivity index (χ3n) is 4.26. The van der Waals surface area contributed by atoms with Crippen molar-refractivity contribution in [3.8, 4) is 0 Å². The second kappa shape index (κ2) is 7.73. The van der Waals surface area contributed by atoms with Crippen LogP contribution in [0.15, 0.2) is 36.4 Å². The Balaban J connectivity index is 1.58. The molecule has 7 heteroatoms. The summed E-state index contributed by atoms with van der Waals surface area (Å²) in [4.78, 5) is 16.4. The van der Waals surface area contributed by atoms with E-state index in [0.29, 0.717) is 33.8 Å². The van der Waals surface area contributed by atoms with Crippen LogP contribution in [0, 0.1) is 6.92 Å². The Kier molecular flexibility index (Phi) is 5.62. The lowest BCUT2D eigenvalue weighted by atomic mass is 10.2. The van der Waals surface area contributed by atoms with Crippen molar-refractivity contribution in [1.29, 1.82) is 0 Å². The van der Waals surface area contributed by atoms with Gasteiger partial charge in [0.1, 0.15) is 0 Å². The molecule has 1 heterocycles. The van der Waals surface area contributed by atoms with E-state index in [1.54, 1.807) is 17.0 Å². The summed E-state index contributed by atoms with van der Waals surface area (Å²) in [5.74, 6) is 0. The summed E-state index contributed by atoms with van der Waals surface area (Å²) in [6, 6.07) is 11.0. The van der Waals surface area contributed by atoms with Crippen LogP contribution in [0.4, 0.5) is 16.2 Å². The maximum Gasteiger partial charge on any atom is 0.321 e. The molecule has 1 saturated heterocycles. The molecule has 4 nitrogen and oxygen atoms in total. The van der Waals surface area contributed by atoms with E-state index < -0.39 is 0 Å². The first kappa shape index (κ1) is 18.2. The highest BCUT2D eigenvalue weighted by atomic mass is 35.5. The predicted molar refractivity (Wildman–Crippen MR) is 105 cm³/mol. The molecule has 1 aliphatic rings. The third-order valence-corrected chi connectivity index (χ3v) is 5.40. The van der Waals surface area contributed by atoms with E-state index in [2.05, 4.69) is 10.2 Å². The van der Waals surface area contributed by atoms with E-state index in [0.717, 1.165) is 24.3 Å². The monoisotopic (exact) mass is 397 g/mol. The molecule has 1 aliphatic heterocycles. The highest BCUT2D eigenvalue weighted by Gasteiger charge is 2.21. The topological polar surface area (TPSA) is 35.6 Å². The van der Waals surface area contributed by atoms with Gasteiger partial charge in [-0.05, 0) is 42.8 Å². The fourth-order valence-corrected chi connectivity index (χ4v) is 3.20. The maximum atomic E-state index is 12.4. The van der Waals surface area contributed by atoms with Gasteiger partial charge in [-0.2, -0.15) is 0 Å². The second-order valence-corrected chi connectivity index (χ2v) is 7.19. The summed E-state index contributed by atoms with van der Waals surface area (Å²) in [6.07, 6.45) is 0. The van der Waals surface area contributed by atoms with Gasteiger partial charge in [-0.3, -0.25) is 0 Å².